The molecule has 4 rings (SSSR count). The minimum absolute atomic E-state index is 0.0828. The third-order valence-corrected chi connectivity index (χ3v) is 5.88. The Kier molecular flexibility index (Phi) is 5.85. The molecule has 3 heterocycles. The minimum atomic E-state index is -0.0828. The zero-order chi connectivity index (χ0) is 21.1. The number of methoxy groups -OCH3 is 2. The van der Waals surface area contributed by atoms with Crippen molar-refractivity contribution in [1.29, 1.82) is 0 Å². The zero-order valence-electron chi connectivity index (χ0n) is 17.2. The fourth-order valence-electron chi connectivity index (χ4n) is 3.79. The van der Waals surface area contributed by atoms with Crippen molar-refractivity contribution in [3.05, 3.63) is 58.9 Å². The molecule has 0 radical (unpaired) electrons. The number of nitrogens with zero attached hydrogens (tertiary/aromatic N) is 3. The smallest absolute Gasteiger partial charge is 0.261 e. The maximum Gasteiger partial charge on any atom is 0.261 e. The number of hydrogen-bond acceptors (Lipinski definition) is 7. The first-order valence-electron chi connectivity index (χ1n) is 9.74. The first-order chi connectivity index (χ1) is 14.6. The highest BCUT2D eigenvalue weighted by Crippen LogP contribution is 2.34. The number of thiazole rings is 1. The molecule has 0 bridgehead atoms. The van der Waals surface area contributed by atoms with Crippen molar-refractivity contribution in [1.82, 2.24) is 14.9 Å². The van der Waals surface area contributed by atoms with E-state index in [0.29, 0.717) is 30.2 Å². The van der Waals surface area contributed by atoms with Crippen molar-refractivity contribution >= 4 is 28.1 Å². The first kappa shape index (κ1) is 20.2. The van der Waals surface area contributed by atoms with E-state index in [1.54, 1.807) is 43.9 Å². The van der Waals surface area contributed by atoms with Crippen molar-refractivity contribution in [2.24, 2.45) is 0 Å². The lowest BCUT2D eigenvalue weighted by Crippen LogP contribution is -2.29. The van der Waals surface area contributed by atoms with Crippen molar-refractivity contribution in [3.63, 3.8) is 0 Å². The van der Waals surface area contributed by atoms with Crippen LogP contribution in [0.1, 0.15) is 34.1 Å². The number of pyridine rings is 1. The van der Waals surface area contributed by atoms with Gasteiger partial charge in [0.15, 0.2) is 5.13 Å². The first-order valence-corrected chi connectivity index (χ1v) is 10.6. The Morgan fingerprint density at radius 2 is 2.00 bits per heavy atom. The molecular weight excluding hydrogens is 400 g/mol. The monoisotopic (exact) mass is 424 g/mol. The molecule has 0 aliphatic carbocycles. The second kappa shape index (κ2) is 8.71. The van der Waals surface area contributed by atoms with E-state index in [9.17, 15) is 4.79 Å². The van der Waals surface area contributed by atoms with Gasteiger partial charge in [0, 0.05) is 47.7 Å². The van der Waals surface area contributed by atoms with Crippen molar-refractivity contribution in [2.75, 3.05) is 32.6 Å². The maximum atomic E-state index is 13.3. The average Bonchev–Trinajstić information content (AvgIpc) is 3.44. The average molecular weight is 425 g/mol. The molecule has 1 fully saturated rings. The van der Waals surface area contributed by atoms with Crippen LogP contribution in [0.5, 0.6) is 11.5 Å². The standard InChI is InChI=1S/C22H24N4O3S/c1-14-11-16(25-22-23-8-10-30-22)12-17(24-14)15-7-9-26(13-15)21(27)20-18(28-2)5-4-6-19(20)29-3/h4-6,8,10-12,15H,7,9,13H2,1-3H3,(H,23,24,25). The molecule has 2 aromatic heterocycles. The van der Waals surface area contributed by atoms with E-state index in [4.69, 9.17) is 14.5 Å². The summed E-state index contributed by atoms with van der Waals surface area (Å²) in [4.78, 5) is 24.1. The number of likely N-dealkylation sites (tertiary alicyclic amines) is 1. The molecule has 0 spiro atoms. The van der Waals surface area contributed by atoms with Crippen molar-refractivity contribution in [2.45, 2.75) is 19.3 Å². The van der Waals surface area contributed by atoms with E-state index < -0.39 is 0 Å². The van der Waals surface area contributed by atoms with E-state index in [-0.39, 0.29) is 11.8 Å². The van der Waals surface area contributed by atoms with Gasteiger partial charge < -0.3 is 19.7 Å². The summed E-state index contributed by atoms with van der Waals surface area (Å²) in [7, 11) is 3.12. The number of ether oxygens (including phenoxy) is 2. The van der Waals surface area contributed by atoms with Gasteiger partial charge in [0.05, 0.1) is 14.2 Å². The van der Waals surface area contributed by atoms with Gasteiger partial charge in [-0.2, -0.15) is 0 Å². The fraction of sp³-hybridized carbons (Fsp3) is 0.318. The van der Waals surface area contributed by atoms with Crippen LogP contribution in [0.2, 0.25) is 0 Å². The van der Waals surface area contributed by atoms with E-state index >= 15 is 0 Å². The van der Waals surface area contributed by atoms with Gasteiger partial charge in [-0.1, -0.05) is 6.07 Å². The number of amides is 1. The summed E-state index contributed by atoms with van der Waals surface area (Å²) in [5, 5.41) is 6.11. The Morgan fingerprint density at radius 3 is 2.67 bits per heavy atom. The Labute approximate surface area is 179 Å². The Bertz CT molecular complexity index is 1020. The lowest BCUT2D eigenvalue weighted by Gasteiger charge is -2.20. The van der Waals surface area contributed by atoms with Crippen LogP contribution in [-0.2, 0) is 0 Å². The quantitative estimate of drug-likeness (QED) is 0.638. The summed E-state index contributed by atoms with van der Waals surface area (Å²) in [6, 6.07) is 9.43. The molecule has 1 amide bonds. The SMILES string of the molecule is COc1cccc(OC)c1C(=O)N1CCC(c2cc(Nc3nccs3)cc(C)n2)C1. The molecule has 1 N–H and O–H groups in total. The maximum absolute atomic E-state index is 13.3. The topological polar surface area (TPSA) is 76.6 Å². The molecule has 156 valence electrons. The van der Waals surface area contributed by atoms with Crippen LogP contribution in [-0.4, -0.2) is 48.1 Å². The molecule has 1 unspecified atom stereocenters. The molecule has 0 saturated carbocycles. The van der Waals surface area contributed by atoms with Gasteiger partial charge in [0.25, 0.3) is 5.91 Å². The molecule has 1 aliphatic heterocycles. The number of benzene rings is 1. The van der Waals surface area contributed by atoms with Crippen LogP contribution in [0.4, 0.5) is 10.8 Å². The number of carbonyl (C=O) groups excluding carboxylic acids is 1. The molecular formula is C22H24N4O3S. The Balaban J connectivity index is 1.54. The molecule has 1 saturated heterocycles. The number of aryl methyl sites for hydroxylation is 1. The third-order valence-electron chi connectivity index (χ3n) is 5.19. The van der Waals surface area contributed by atoms with Crippen molar-refractivity contribution in [3.8, 4) is 11.5 Å². The predicted molar refractivity (Wildman–Crippen MR) is 117 cm³/mol. The van der Waals surface area contributed by atoms with Crippen LogP contribution in [0.3, 0.4) is 0 Å². The summed E-state index contributed by atoms with van der Waals surface area (Å²) in [6.45, 7) is 3.25. The summed E-state index contributed by atoms with van der Waals surface area (Å²) in [6.07, 6.45) is 2.63. The third kappa shape index (κ3) is 4.09. The molecule has 3 aromatic rings. The molecule has 30 heavy (non-hydrogen) atoms. The minimum Gasteiger partial charge on any atom is -0.496 e. The highest BCUT2D eigenvalue weighted by Gasteiger charge is 2.32. The van der Waals surface area contributed by atoms with E-state index in [2.05, 4.69) is 16.4 Å². The van der Waals surface area contributed by atoms with Crippen molar-refractivity contribution < 1.29 is 14.3 Å². The number of anilines is 2. The van der Waals surface area contributed by atoms with Crippen LogP contribution in [0.15, 0.2) is 41.9 Å². The predicted octanol–water partition coefficient (Wildman–Crippen LogP) is 4.24. The highest BCUT2D eigenvalue weighted by atomic mass is 32.1. The Hall–Kier alpha value is -3.13. The summed E-state index contributed by atoms with van der Waals surface area (Å²) >= 11 is 1.55. The molecule has 8 heteroatoms. The Morgan fingerprint density at radius 1 is 1.23 bits per heavy atom. The second-order valence-corrected chi connectivity index (χ2v) is 8.05. The summed E-state index contributed by atoms with van der Waals surface area (Å²) in [5.74, 6) is 1.13. The number of rotatable bonds is 6. The normalized spacial score (nSPS) is 15.8. The lowest BCUT2D eigenvalue weighted by molar-refractivity contribution is 0.0783. The van der Waals surface area contributed by atoms with Gasteiger partial charge in [-0.05, 0) is 37.6 Å². The summed E-state index contributed by atoms with van der Waals surface area (Å²) in [5.41, 5.74) is 3.34. The van der Waals surface area contributed by atoms with Gasteiger partial charge in [-0.25, -0.2) is 4.98 Å². The number of nitrogens with one attached hydrogen (secondary N) is 1. The number of carbonyl (C=O) groups is 1. The highest BCUT2D eigenvalue weighted by molar-refractivity contribution is 7.13. The summed E-state index contributed by atoms with van der Waals surface area (Å²) < 4.78 is 10.8. The van der Waals surface area contributed by atoms with E-state index in [1.807, 2.05) is 29.3 Å². The van der Waals surface area contributed by atoms with Gasteiger partial charge in [0.1, 0.15) is 17.1 Å². The zero-order valence-corrected chi connectivity index (χ0v) is 18.0. The van der Waals surface area contributed by atoms with Crippen LogP contribution >= 0.6 is 11.3 Å². The van der Waals surface area contributed by atoms with Gasteiger partial charge in [0.2, 0.25) is 0 Å². The van der Waals surface area contributed by atoms with Gasteiger partial charge in [-0.3, -0.25) is 9.78 Å². The van der Waals surface area contributed by atoms with Gasteiger partial charge in [-0.15, -0.1) is 11.3 Å². The van der Waals surface area contributed by atoms with E-state index in [1.165, 1.54) is 0 Å². The molecule has 7 nitrogen and oxygen atoms in total. The fourth-order valence-corrected chi connectivity index (χ4v) is 4.34. The van der Waals surface area contributed by atoms with Gasteiger partial charge >= 0.3 is 0 Å². The lowest BCUT2D eigenvalue weighted by atomic mass is 10.0. The van der Waals surface area contributed by atoms with Crippen LogP contribution in [0.25, 0.3) is 0 Å². The van der Waals surface area contributed by atoms with Crippen LogP contribution < -0.4 is 14.8 Å². The molecule has 1 aliphatic rings. The second-order valence-electron chi connectivity index (χ2n) is 7.16. The van der Waals surface area contributed by atoms with Crippen LogP contribution in [0, 0.1) is 6.92 Å². The largest absolute Gasteiger partial charge is 0.496 e. The number of hydrogen-bond donors (Lipinski definition) is 1. The number of aromatic nitrogens is 2. The van der Waals surface area contributed by atoms with E-state index in [0.717, 1.165) is 28.6 Å². The molecule has 1 atom stereocenters. The molecule has 1 aromatic carbocycles.